The molecule has 0 bridgehead atoms. The van der Waals surface area contributed by atoms with Crippen molar-refractivity contribution >= 4 is 5.96 Å². The van der Waals surface area contributed by atoms with Crippen LogP contribution in [0.15, 0.2) is 65.3 Å². The van der Waals surface area contributed by atoms with Gasteiger partial charge in [-0.2, -0.15) is 0 Å². The van der Waals surface area contributed by atoms with E-state index in [-0.39, 0.29) is 0 Å². The molecule has 5 heteroatoms. The van der Waals surface area contributed by atoms with Crippen molar-refractivity contribution in [2.45, 2.75) is 45.3 Å². The fourth-order valence-electron chi connectivity index (χ4n) is 3.22. The van der Waals surface area contributed by atoms with E-state index in [1.54, 1.807) is 11.8 Å². The van der Waals surface area contributed by atoms with Crippen LogP contribution in [0.2, 0.25) is 0 Å². The lowest BCUT2D eigenvalue weighted by atomic mass is 9.97. The van der Waals surface area contributed by atoms with Crippen molar-refractivity contribution in [1.29, 1.82) is 0 Å². The van der Waals surface area contributed by atoms with E-state index in [4.69, 9.17) is 4.74 Å². The first-order chi connectivity index (χ1) is 13.8. The Balaban J connectivity index is 1.38. The van der Waals surface area contributed by atoms with Crippen molar-refractivity contribution in [2.24, 2.45) is 4.99 Å². The highest BCUT2D eigenvalue weighted by Gasteiger charge is 2.04. The lowest BCUT2D eigenvalue weighted by Crippen LogP contribution is -2.37. The van der Waals surface area contributed by atoms with E-state index in [2.05, 4.69) is 38.8 Å². The van der Waals surface area contributed by atoms with Gasteiger partial charge in [0.15, 0.2) is 5.96 Å². The minimum Gasteiger partial charge on any atom is -0.487 e. The zero-order valence-electron chi connectivity index (χ0n) is 16.7. The van der Waals surface area contributed by atoms with Gasteiger partial charge in [-0.25, -0.2) is 0 Å². The third-order valence-electron chi connectivity index (χ3n) is 4.84. The molecule has 0 radical (unpaired) electrons. The number of allylic oxidation sites excluding steroid dienone is 1. The molecular weight excluding hydrogens is 348 g/mol. The van der Waals surface area contributed by atoms with Gasteiger partial charge >= 0.3 is 0 Å². The summed E-state index contributed by atoms with van der Waals surface area (Å²) in [6, 6.07) is 14.0. The summed E-state index contributed by atoms with van der Waals surface area (Å²) in [7, 11) is 1.81. The summed E-state index contributed by atoms with van der Waals surface area (Å²) in [5, 5.41) is 6.77. The first-order valence-electron chi connectivity index (χ1n) is 10.1. The van der Waals surface area contributed by atoms with Gasteiger partial charge in [0.25, 0.3) is 0 Å². The molecule has 0 saturated carbocycles. The number of guanidine groups is 1. The molecule has 1 aliphatic rings. The van der Waals surface area contributed by atoms with Crippen molar-refractivity contribution < 1.29 is 4.74 Å². The fraction of sp³-hybridized carbons (Fsp3) is 0.391. The van der Waals surface area contributed by atoms with Crippen molar-refractivity contribution in [1.82, 2.24) is 15.6 Å². The molecule has 1 aromatic heterocycles. The monoisotopic (exact) mass is 378 g/mol. The normalized spacial score (nSPS) is 14.3. The quantitative estimate of drug-likeness (QED) is 0.410. The van der Waals surface area contributed by atoms with Gasteiger partial charge in [-0.15, -0.1) is 0 Å². The van der Waals surface area contributed by atoms with Crippen LogP contribution in [0.3, 0.4) is 0 Å². The number of hydrogen-bond acceptors (Lipinski definition) is 3. The van der Waals surface area contributed by atoms with Gasteiger partial charge in [0.05, 0.1) is 5.69 Å². The Hall–Kier alpha value is -2.82. The van der Waals surface area contributed by atoms with Gasteiger partial charge in [-0.3, -0.25) is 9.98 Å². The first kappa shape index (κ1) is 19.9. The van der Waals surface area contributed by atoms with Gasteiger partial charge < -0.3 is 15.4 Å². The molecule has 2 aromatic rings. The van der Waals surface area contributed by atoms with E-state index >= 15 is 0 Å². The largest absolute Gasteiger partial charge is 0.487 e. The lowest BCUT2D eigenvalue weighted by Gasteiger charge is -2.15. The van der Waals surface area contributed by atoms with E-state index in [0.29, 0.717) is 6.61 Å². The highest BCUT2D eigenvalue weighted by atomic mass is 16.5. The van der Waals surface area contributed by atoms with Crippen LogP contribution in [0, 0.1) is 0 Å². The van der Waals surface area contributed by atoms with Gasteiger partial charge in [-0.05, 0) is 61.9 Å². The van der Waals surface area contributed by atoms with Crippen molar-refractivity contribution in [3.8, 4) is 5.75 Å². The Kier molecular flexibility index (Phi) is 7.91. The molecule has 0 amide bonds. The minimum absolute atomic E-state index is 0.478. The van der Waals surface area contributed by atoms with Crippen molar-refractivity contribution in [2.75, 3.05) is 13.6 Å². The molecule has 1 aliphatic carbocycles. The Morgan fingerprint density at radius 3 is 2.71 bits per heavy atom. The molecule has 1 heterocycles. The average molecular weight is 379 g/mol. The van der Waals surface area contributed by atoms with Crippen LogP contribution in [-0.2, 0) is 13.2 Å². The Morgan fingerprint density at radius 2 is 2.00 bits per heavy atom. The van der Waals surface area contributed by atoms with Crippen molar-refractivity contribution in [3.05, 3.63) is 71.6 Å². The highest BCUT2D eigenvalue weighted by Crippen LogP contribution is 2.19. The second-order valence-electron chi connectivity index (χ2n) is 6.96. The Labute approximate surface area is 168 Å². The smallest absolute Gasteiger partial charge is 0.191 e. The van der Waals surface area contributed by atoms with E-state index in [1.165, 1.54) is 31.2 Å². The van der Waals surface area contributed by atoms with Crippen LogP contribution in [-0.4, -0.2) is 24.5 Å². The zero-order valence-corrected chi connectivity index (χ0v) is 16.7. The molecule has 1 aromatic carbocycles. The highest BCUT2D eigenvalue weighted by molar-refractivity contribution is 5.79. The topological polar surface area (TPSA) is 58.5 Å². The van der Waals surface area contributed by atoms with Crippen LogP contribution >= 0.6 is 0 Å². The van der Waals surface area contributed by atoms with Crippen LogP contribution in [0.4, 0.5) is 0 Å². The van der Waals surface area contributed by atoms with E-state index in [9.17, 15) is 0 Å². The van der Waals surface area contributed by atoms with Crippen LogP contribution in [0.25, 0.3) is 0 Å². The first-order valence-corrected chi connectivity index (χ1v) is 10.1. The SMILES string of the molecule is CN=C(NCCC1=CCCCC1)NCc1ccc(OCc2ccccn2)cc1. The summed E-state index contributed by atoms with van der Waals surface area (Å²) in [6.45, 7) is 2.13. The molecule has 148 valence electrons. The number of nitrogens with one attached hydrogen (secondary N) is 2. The Morgan fingerprint density at radius 1 is 1.11 bits per heavy atom. The minimum atomic E-state index is 0.478. The van der Waals surface area contributed by atoms with Crippen LogP contribution in [0.5, 0.6) is 5.75 Å². The van der Waals surface area contributed by atoms with Gasteiger partial charge in [0.1, 0.15) is 12.4 Å². The number of aliphatic imine (C=N–C) groups is 1. The zero-order chi connectivity index (χ0) is 19.4. The number of ether oxygens (including phenoxy) is 1. The number of hydrogen-bond donors (Lipinski definition) is 2. The molecular formula is C23H30N4O. The maximum absolute atomic E-state index is 5.78. The van der Waals surface area contributed by atoms with E-state index in [1.807, 2.05) is 37.4 Å². The number of pyridine rings is 1. The fourth-order valence-corrected chi connectivity index (χ4v) is 3.22. The summed E-state index contributed by atoms with van der Waals surface area (Å²) in [5.74, 6) is 1.68. The molecule has 2 N–H and O–H groups in total. The summed E-state index contributed by atoms with van der Waals surface area (Å²) < 4.78 is 5.78. The number of benzene rings is 1. The summed E-state index contributed by atoms with van der Waals surface area (Å²) in [6.07, 6.45) is 10.4. The van der Waals surface area contributed by atoms with Gasteiger partial charge in [0, 0.05) is 26.3 Å². The van der Waals surface area contributed by atoms with Gasteiger partial charge in [0.2, 0.25) is 0 Å². The molecule has 0 spiro atoms. The Bertz CT molecular complexity index is 769. The molecule has 28 heavy (non-hydrogen) atoms. The molecule has 0 aliphatic heterocycles. The molecule has 0 unspecified atom stereocenters. The number of rotatable bonds is 8. The summed E-state index contributed by atoms with van der Waals surface area (Å²) in [4.78, 5) is 8.57. The lowest BCUT2D eigenvalue weighted by molar-refractivity contribution is 0.301. The maximum Gasteiger partial charge on any atom is 0.191 e. The van der Waals surface area contributed by atoms with Crippen LogP contribution < -0.4 is 15.4 Å². The molecule has 0 saturated heterocycles. The summed E-state index contributed by atoms with van der Waals surface area (Å²) in [5.41, 5.74) is 3.69. The number of nitrogens with zero attached hydrogens (tertiary/aromatic N) is 2. The van der Waals surface area contributed by atoms with E-state index in [0.717, 1.165) is 36.9 Å². The average Bonchev–Trinajstić information content (AvgIpc) is 2.77. The molecule has 0 atom stereocenters. The standard InChI is InChI=1S/C23H30N4O/c1-24-23(26-16-14-19-7-3-2-4-8-19)27-17-20-10-12-22(13-11-20)28-18-21-9-5-6-15-25-21/h5-7,9-13,15H,2-4,8,14,16-18H2,1H3,(H2,24,26,27). The molecule has 3 rings (SSSR count). The molecule has 5 nitrogen and oxygen atoms in total. The predicted octanol–water partition coefficient (Wildman–Crippen LogP) is 4.22. The second-order valence-corrected chi connectivity index (χ2v) is 6.96. The number of aromatic nitrogens is 1. The third-order valence-corrected chi connectivity index (χ3v) is 4.84. The third kappa shape index (κ3) is 6.72. The predicted molar refractivity (Wildman–Crippen MR) is 114 cm³/mol. The molecule has 0 fully saturated rings. The van der Waals surface area contributed by atoms with Crippen LogP contribution in [0.1, 0.15) is 43.4 Å². The second kappa shape index (κ2) is 11.1. The van der Waals surface area contributed by atoms with Crippen molar-refractivity contribution in [3.63, 3.8) is 0 Å². The summed E-state index contributed by atoms with van der Waals surface area (Å²) >= 11 is 0. The maximum atomic E-state index is 5.78. The van der Waals surface area contributed by atoms with Gasteiger partial charge in [-0.1, -0.05) is 29.8 Å². The van der Waals surface area contributed by atoms with E-state index < -0.39 is 0 Å².